The zero-order chi connectivity index (χ0) is 19.9. The molecule has 6 nitrogen and oxygen atoms in total. The van der Waals surface area contributed by atoms with Gasteiger partial charge < -0.3 is 24.0 Å². The third kappa shape index (κ3) is 4.56. The van der Waals surface area contributed by atoms with Crippen LogP contribution in [0.2, 0.25) is 0 Å². The highest BCUT2D eigenvalue weighted by Gasteiger charge is 2.25. The van der Waals surface area contributed by atoms with E-state index >= 15 is 0 Å². The van der Waals surface area contributed by atoms with Gasteiger partial charge in [-0.2, -0.15) is 5.26 Å². The summed E-state index contributed by atoms with van der Waals surface area (Å²) in [4.78, 5) is 3.11. The molecule has 2 aromatic carbocycles. The van der Waals surface area contributed by atoms with Crippen molar-refractivity contribution >= 4 is 0 Å². The summed E-state index contributed by atoms with van der Waals surface area (Å²) in [5, 5.41) is 9.07. The molecule has 1 aliphatic rings. The average Bonchev–Trinajstić information content (AvgIpc) is 2.74. The highest BCUT2D eigenvalue weighted by molar-refractivity contribution is 5.55. The van der Waals surface area contributed by atoms with Crippen LogP contribution in [0.1, 0.15) is 16.7 Å². The molecule has 3 rings (SSSR count). The number of piperazine rings is 1. The molecule has 0 amide bonds. The number of quaternary nitrogens is 2. The number of benzene rings is 2. The molecule has 2 aromatic rings. The van der Waals surface area contributed by atoms with Crippen molar-refractivity contribution in [3.63, 3.8) is 0 Å². The van der Waals surface area contributed by atoms with E-state index in [4.69, 9.17) is 19.5 Å². The maximum Gasteiger partial charge on any atom is 0.203 e. The molecule has 2 N–H and O–H groups in total. The maximum absolute atomic E-state index is 9.07. The van der Waals surface area contributed by atoms with Crippen LogP contribution in [0.3, 0.4) is 0 Å². The predicted octanol–water partition coefficient (Wildman–Crippen LogP) is 0.0677. The molecule has 0 spiro atoms. The van der Waals surface area contributed by atoms with Gasteiger partial charge in [-0.15, -0.1) is 0 Å². The minimum atomic E-state index is 0.656. The molecular weight excluding hydrogens is 354 g/mol. The second-order valence-corrected chi connectivity index (χ2v) is 7.16. The van der Waals surface area contributed by atoms with Gasteiger partial charge in [-0.3, -0.25) is 0 Å². The average molecular weight is 383 g/mol. The Morgan fingerprint density at radius 2 is 1.54 bits per heavy atom. The van der Waals surface area contributed by atoms with Crippen molar-refractivity contribution in [2.75, 3.05) is 47.5 Å². The van der Waals surface area contributed by atoms with Crippen molar-refractivity contribution in [1.82, 2.24) is 0 Å². The van der Waals surface area contributed by atoms with Gasteiger partial charge >= 0.3 is 0 Å². The Kier molecular flexibility index (Phi) is 6.75. The first-order valence-electron chi connectivity index (χ1n) is 9.62. The first kappa shape index (κ1) is 20.0. The summed E-state index contributed by atoms with van der Waals surface area (Å²) in [7, 11) is 4.95. The Morgan fingerprint density at radius 3 is 2.14 bits per heavy atom. The number of ether oxygens (including phenoxy) is 3. The molecule has 28 heavy (non-hydrogen) atoms. The van der Waals surface area contributed by atoms with Gasteiger partial charge in [-0.05, 0) is 24.3 Å². The Bertz CT molecular complexity index is 839. The molecule has 1 heterocycles. The molecule has 1 aliphatic heterocycles. The van der Waals surface area contributed by atoms with E-state index in [-0.39, 0.29) is 0 Å². The maximum atomic E-state index is 9.07. The summed E-state index contributed by atoms with van der Waals surface area (Å²) in [6.07, 6.45) is 0. The van der Waals surface area contributed by atoms with E-state index in [1.807, 2.05) is 24.3 Å². The minimum absolute atomic E-state index is 0.656. The van der Waals surface area contributed by atoms with Crippen molar-refractivity contribution in [1.29, 1.82) is 5.26 Å². The Morgan fingerprint density at radius 1 is 0.857 bits per heavy atom. The second kappa shape index (κ2) is 9.45. The van der Waals surface area contributed by atoms with Crippen LogP contribution in [0, 0.1) is 11.3 Å². The van der Waals surface area contributed by atoms with Crippen LogP contribution in [-0.2, 0) is 13.1 Å². The van der Waals surface area contributed by atoms with Crippen molar-refractivity contribution < 1.29 is 24.0 Å². The number of nitriles is 1. The number of hydrogen-bond acceptors (Lipinski definition) is 4. The number of nitrogens with zero attached hydrogens (tertiary/aromatic N) is 1. The molecule has 1 fully saturated rings. The highest BCUT2D eigenvalue weighted by atomic mass is 16.5. The lowest BCUT2D eigenvalue weighted by Gasteiger charge is -2.30. The Hall–Kier alpha value is -2.75. The SMILES string of the molecule is COc1ccc(C[NH+]2CC[NH+](Cc3cccc(C#N)c3)CC2)c(OC)c1OC. The first-order chi connectivity index (χ1) is 13.7. The molecule has 0 aliphatic carbocycles. The van der Waals surface area contributed by atoms with Crippen LogP contribution in [0.5, 0.6) is 17.2 Å². The first-order valence-corrected chi connectivity index (χ1v) is 9.62. The van der Waals surface area contributed by atoms with E-state index in [9.17, 15) is 0 Å². The number of rotatable bonds is 7. The van der Waals surface area contributed by atoms with Gasteiger partial charge in [0.05, 0.1) is 38.5 Å². The molecule has 6 heteroatoms. The summed E-state index contributed by atoms with van der Waals surface area (Å²) in [5.74, 6) is 2.10. The van der Waals surface area contributed by atoms with E-state index in [0.717, 1.165) is 56.1 Å². The fourth-order valence-corrected chi connectivity index (χ4v) is 3.92. The van der Waals surface area contributed by atoms with Crippen LogP contribution in [0.4, 0.5) is 0 Å². The zero-order valence-corrected chi connectivity index (χ0v) is 16.9. The molecular formula is C22H29N3O3+2. The topological polar surface area (TPSA) is 60.4 Å². The third-order valence-corrected chi connectivity index (χ3v) is 5.40. The predicted molar refractivity (Wildman–Crippen MR) is 106 cm³/mol. The van der Waals surface area contributed by atoms with Crippen LogP contribution < -0.4 is 24.0 Å². The molecule has 0 atom stereocenters. The number of nitrogens with one attached hydrogen (secondary N) is 2. The largest absolute Gasteiger partial charge is 0.493 e. The Balaban J connectivity index is 1.61. The summed E-state index contributed by atoms with van der Waals surface area (Å²) in [6.45, 7) is 6.31. The van der Waals surface area contributed by atoms with Crippen molar-refractivity contribution in [2.45, 2.75) is 13.1 Å². The van der Waals surface area contributed by atoms with E-state index < -0.39 is 0 Å². The lowest BCUT2D eigenvalue weighted by atomic mass is 10.1. The van der Waals surface area contributed by atoms with Gasteiger partial charge in [-0.1, -0.05) is 12.1 Å². The van der Waals surface area contributed by atoms with Gasteiger partial charge in [0.1, 0.15) is 39.3 Å². The van der Waals surface area contributed by atoms with Gasteiger partial charge in [0.15, 0.2) is 11.5 Å². The van der Waals surface area contributed by atoms with Crippen molar-refractivity contribution in [2.24, 2.45) is 0 Å². The lowest BCUT2D eigenvalue weighted by Crippen LogP contribution is -3.27. The molecule has 148 valence electrons. The van der Waals surface area contributed by atoms with Gasteiger partial charge in [-0.25, -0.2) is 0 Å². The quantitative estimate of drug-likeness (QED) is 0.710. The Labute approximate surface area is 166 Å². The van der Waals surface area contributed by atoms with E-state index in [1.54, 1.807) is 31.1 Å². The fourth-order valence-electron chi connectivity index (χ4n) is 3.92. The number of hydrogen-bond donors (Lipinski definition) is 2. The third-order valence-electron chi connectivity index (χ3n) is 5.40. The molecule has 0 unspecified atom stereocenters. The van der Waals surface area contributed by atoms with E-state index in [1.165, 1.54) is 5.56 Å². The van der Waals surface area contributed by atoms with E-state index in [2.05, 4.69) is 18.2 Å². The fraction of sp³-hybridized carbons (Fsp3) is 0.409. The van der Waals surface area contributed by atoms with Crippen LogP contribution in [0.25, 0.3) is 0 Å². The smallest absolute Gasteiger partial charge is 0.203 e. The standard InChI is InChI=1S/C22H27N3O3/c1-26-20-8-7-19(21(27-2)22(20)28-3)16-25-11-9-24(10-12-25)15-18-6-4-5-17(13-18)14-23/h4-8,13H,9-12,15-16H2,1-3H3/p+2. The normalized spacial score (nSPS) is 18.9. The van der Waals surface area contributed by atoms with Crippen LogP contribution in [0.15, 0.2) is 36.4 Å². The highest BCUT2D eigenvalue weighted by Crippen LogP contribution is 2.39. The van der Waals surface area contributed by atoms with Crippen LogP contribution in [-0.4, -0.2) is 47.5 Å². The van der Waals surface area contributed by atoms with Gasteiger partial charge in [0, 0.05) is 5.56 Å². The molecule has 1 saturated heterocycles. The summed E-state index contributed by atoms with van der Waals surface area (Å²) in [6, 6.07) is 14.2. The zero-order valence-electron chi connectivity index (χ0n) is 16.9. The number of methoxy groups -OCH3 is 3. The minimum Gasteiger partial charge on any atom is -0.493 e. The van der Waals surface area contributed by atoms with Crippen LogP contribution >= 0.6 is 0 Å². The second-order valence-electron chi connectivity index (χ2n) is 7.16. The van der Waals surface area contributed by atoms with E-state index in [0.29, 0.717) is 11.5 Å². The van der Waals surface area contributed by atoms with Crippen molar-refractivity contribution in [3.8, 4) is 23.3 Å². The molecule has 0 saturated carbocycles. The molecule has 0 aromatic heterocycles. The molecule has 0 radical (unpaired) electrons. The summed E-state index contributed by atoms with van der Waals surface area (Å²) < 4.78 is 16.5. The lowest BCUT2D eigenvalue weighted by molar-refractivity contribution is -1.02. The monoisotopic (exact) mass is 383 g/mol. The van der Waals surface area contributed by atoms with Crippen molar-refractivity contribution in [3.05, 3.63) is 53.1 Å². The summed E-state index contributed by atoms with van der Waals surface area (Å²) >= 11 is 0. The van der Waals surface area contributed by atoms with Gasteiger partial charge in [0.25, 0.3) is 0 Å². The molecule has 0 bridgehead atoms. The van der Waals surface area contributed by atoms with Gasteiger partial charge in [0.2, 0.25) is 5.75 Å². The summed E-state index contributed by atoms with van der Waals surface area (Å²) in [5.41, 5.74) is 3.11.